The van der Waals surface area contributed by atoms with Crippen molar-refractivity contribution in [1.82, 2.24) is 5.32 Å². The van der Waals surface area contributed by atoms with Crippen LogP contribution < -0.4 is 14.4 Å². The second kappa shape index (κ2) is 10.6. The molecule has 0 radical (unpaired) electrons. The lowest BCUT2D eigenvalue weighted by Gasteiger charge is -2.32. The number of nitrogens with one attached hydrogen (secondary N) is 1. The number of sulfonamides is 1. The highest BCUT2D eigenvalue weighted by Gasteiger charge is 2.40. The Balaban J connectivity index is 1.66. The summed E-state index contributed by atoms with van der Waals surface area (Å²) in [6.45, 7) is 6.19. The Morgan fingerprint density at radius 1 is 1.00 bits per heavy atom. The fraction of sp³-hybridized carbons (Fsp3) is 0.179. The van der Waals surface area contributed by atoms with Crippen molar-refractivity contribution in [1.29, 1.82) is 0 Å². The number of hydrogen-bond acceptors (Lipinski definition) is 4. The van der Waals surface area contributed by atoms with Crippen molar-refractivity contribution < 1.29 is 17.9 Å². The van der Waals surface area contributed by atoms with Crippen LogP contribution in [0.15, 0.2) is 96.4 Å². The zero-order chi connectivity index (χ0) is 24.8. The van der Waals surface area contributed by atoms with Gasteiger partial charge in [-0.3, -0.25) is 9.10 Å². The predicted molar refractivity (Wildman–Crippen MR) is 140 cm³/mol. The van der Waals surface area contributed by atoms with E-state index in [1.807, 2.05) is 54.6 Å². The Morgan fingerprint density at radius 3 is 2.37 bits per heavy atom. The van der Waals surface area contributed by atoms with E-state index in [-0.39, 0.29) is 24.6 Å². The van der Waals surface area contributed by atoms with Crippen molar-refractivity contribution in [2.24, 2.45) is 0 Å². The Kier molecular flexibility index (Phi) is 7.36. The van der Waals surface area contributed by atoms with E-state index in [2.05, 4.69) is 18.8 Å². The first kappa shape index (κ1) is 24.3. The van der Waals surface area contributed by atoms with Gasteiger partial charge in [0.15, 0.2) is 4.91 Å². The van der Waals surface area contributed by atoms with Gasteiger partial charge in [-0.15, -0.1) is 6.58 Å². The minimum Gasteiger partial charge on any atom is -0.492 e. The zero-order valence-electron chi connectivity index (χ0n) is 19.6. The monoisotopic (exact) mass is 488 g/mol. The molecule has 180 valence electrons. The maximum Gasteiger partial charge on any atom is 0.270 e. The number of fused-ring (bicyclic) bond motifs is 1. The topological polar surface area (TPSA) is 75.7 Å². The second-order valence-electron chi connectivity index (χ2n) is 8.01. The van der Waals surface area contributed by atoms with Crippen LogP contribution in [-0.2, 0) is 21.2 Å². The summed E-state index contributed by atoms with van der Waals surface area (Å²) < 4.78 is 34.4. The molecule has 3 aromatic rings. The number of rotatable bonds is 9. The summed E-state index contributed by atoms with van der Waals surface area (Å²) in [7, 11) is -4.14. The Morgan fingerprint density at radius 2 is 1.69 bits per heavy atom. The van der Waals surface area contributed by atoms with E-state index < -0.39 is 15.9 Å². The van der Waals surface area contributed by atoms with Gasteiger partial charge in [0, 0.05) is 11.1 Å². The smallest absolute Gasteiger partial charge is 0.270 e. The van der Waals surface area contributed by atoms with Crippen molar-refractivity contribution in [2.75, 3.05) is 24.0 Å². The molecular formula is C28H28N2O4S. The average Bonchev–Trinajstić information content (AvgIpc) is 2.88. The van der Waals surface area contributed by atoms with E-state index in [0.717, 1.165) is 6.42 Å². The molecule has 1 aliphatic rings. The third kappa shape index (κ3) is 5.00. The molecule has 7 heteroatoms. The first-order valence-electron chi connectivity index (χ1n) is 11.5. The summed E-state index contributed by atoms with van der Waals surface area (Å²) in [6, 6.07) is 24.0. The van der Waals surface area contributed by atoms with Gasteiger partial charge >= 0.3 is 0 Å². The molecule has 0 fully saturated rings. The lowest BCUT2D eigenvalue weighted by atomic mass is 9.95. The van der Waals surface area contributed by atoms with E-state index in [1.54, 1.807) is 24.3 Å². The highest BCUT2D eigenvalue weighted by atomic mass is 32.2. The third-order valence-electron chi connectivity index (χ3n) is 5.77. The SMILES string of the molecule is C=CCN1c2ccccc2C(c2ccccc2)=C(C(=O)NCCOc2ccc(CC)cc2)S1(=O)=O. The Bertz CT molecular complexity index is 1350. The number of ether oxygens (including phenoxy) is 1. The number of benzene rings is 3. The number of nitrogens with zero attached hydrogens (tertiary/aromatic N) is 1. The zero-order valence-corrected chi connectivity index (χ0v) is 20.4. The average molecular weight is 489 g/mol. The van der Waals surface area contributed by atoms with Crippen molar-refractivity contribution in [3.63, 3.8) is 0 Å². The van der Waals surface area contributed by atoms with Crippen LogP contribution in [0.25, 0.3) is 5.57 Å². The van der Waals surface area contributed by atoms with Gasteiger partial charge in [0.25, 0.3) is 15.9 Å². The van der Waals surface area contributed by atoms with E-state index in [1.165, 1.54) is 15.9 Å². The molecule has 0 atom stereocenters. The molecule has 0 saturated heterocycles. The van der Waals surface area contributed by atoms with Gasteiger partial charge in [0.1, 0.15) is 12.4 Å². The number of hydrogen-bond donors (Lipinski definition) is 1. The standard InChI is InChI=1S/C28H28N2O4S/c1-3-19-30-25-13-9-8-12-24(25)26(22-10-6-5-7-11-22)27(35(30,32)33)28(31)29-18-20-34-23-16-14-21(4-2)15-17-23/h3,5-17H,1,4,18-20H2,2H3,(H,29,31). The summed E-state index contributed by atoms with van der Waals surface area (Å²) in [5, 5.41) is 2.74. The van der Waals surface area contributed by atoms with Crippen LogP contribution in [0.1, 0.15) is 23.6 Å². The molecule has 6 nitrogen and oxygen atoms in total. The normalized spacial score (nSPS) is 14.3. The highest BCUT2D eigenvalue weighted by molar-refractivity contribution is 7.97. The van der Waals surface area contributed by atoms with Crippen LogP contribution in [0.4, 0.5) is 5.69 Å². The number of aryl methyl sites for hydroxylation is 1. The second-order valence-corrected chi connectivity index (χ2v) is 9.81. The van der Waals surface area contributed by atoms with Crippen molar-refractivity contribution >= 4 is 27.2 Å². The van der Waals surface area contributed by atoms with Gasteiger partial charge in [-0.2, -0.15) is 0 Å². The molecule has 4 rings (SSSR count). The van der Waals surface area contributed by atoms with E-state index in [0.29, 0.717) is 28.1 Å². The van der Waals surface area contributed by atoms with Gasteiger partial charge in [-0.25, -0.2) is 8.42 Å². The number of anilines is 1. The van der Waals surface area contributed by atoms with E-state index in [9.17, 15) is 13.2 Å². The number of carbonyl (C=O) groups is 1. The molecule has 0 bridgehead atoms. The molecule has 3 aromatic carbocycles. The minimum atomic E-state index is -4.14. The van der Waals surface area contributed by atoms with E-state index >= 15 is 0 Å². The summed E-state index contributed by atoms with van der Waals surface area (Å²) in [5.74, 6) is 0.0226. The van der Waals surface area contributed by atoms with Crippen LogP contribution in [0.2, 0.25) is 0 Å². The number of carbonyl (C=O) groups excluding carboxylic acids is 1. The molecule has 0 unspecified atom stereocenters. The van der Waals surface area contributed by atoms with Gasteiger partial charge in [0.05, 0.1) is 18.8 Å². The minimum absolute atomic E-state index is 0.0507. The molecule has 1 heterocycles. The van der Waals surface area contributed by atoms with Gasteiger partial charge < -0.3 is 10.1 Å². The van der Waals surface area contributed by atoms with Crippen LogP contribution >= 0.6 is 0 Å². The predicted octanol–water partition coefficient (Wildman–Crippen LogP) is 4.54. The maximum atomic E-state index is 13.7. The molecule has 0 aliphatic carbocycles. The van der Waals surface area contributed by atoms with Gasteiger partial charge in [0.2, 0.25) is 0 Å². The first-order valence-corrected chi connectivity index (χ1v) is 12.9. The molecule has 0 aromatic heterocycles. The van der Waals surface area contributed by atoms with Crippen LogP contribution in [0.3, 0.4) is 0 Å². The maximum absolute atomic E-state index is 13.7. The summed E-state index contributed by atoms with van der Waals surface area (Å²) >= 11 is 0. The van der Waals surface area contributed by atoms with Crippen molar-refractivity contribution in [2.45, 2.75) is 13.3 Å². The molecule has 1 aliphatic heterocycles. The van der Waals surface area contributed by atoms with Crippen LogP contribution in [0.5, 0.6) is 5.75 Å². The highest BCUT2D eigenvalue weighted by Crippen LogP contribution is 2.42. The fourth-order valence-corrected chi connectivity index (χ4v) is 5.80. The number of para-hydroxylation sites is 1. The first-order chi connectivity index (χ1) is 17.0. The third-order valence-corrected chi connectivity index (χ3v) is 7.60. The molecule has 1 amide bonds. The summed E-state index contributed by atoms with van der Waals surface area (Å²) in [5.41, 5.74) is 3.43. The molecule has 1 N–H and O–H groups in total. The summed E-state index contributed by atoms with van der Waals surface area (Å²) in [6.07, 6.45) is 2.45. The van der Waals surface area contributed by atoms with Gasteiger partial charge in [-0.1, -0.05) is 73.7 Å². The molecule has 0 saturated carbocycles. The molecule has 35 heavy (non-hydrogen) atoms. The van der Waals surface area contributed by atoms with E-state index in [4.69, 9.17) is 4.74 Å². The fourth-order valence-electron chi connectivity index (χ4n) is 4.06. The number of amides is 1. The molecular weight excluding hydrogens is 460 g/mol. The van der Waals surface area contributed by atoms with Gasteiger partial charge in [-0.05, 0) is 35.7 Å². The lowest BCUT2D eigenvalue weighted by molar-refractivity contribution is -0.116. The van der Waals surface area contributed by atoms with Crippen LogP contribution in [-0.4, -0.2) is 34.0 Å². The van der Waals surface area contributed by atoms with Crippen molar-refractivity contribution in [3.05, 3.63) is 113 Å². The Labute approximate surface area is 206 Å². The van der Waals surface area contributed by atoms with Crippen LogP contribution in [0, 0.1) is 0 Å². The summed E-state index contributed by atoms with van der Waals surface area (Å²) in [4.78, 5) is 13.1. The quantitative estimate of drug-likeness (QED) is 0.354. The largest absolute Gasteiger partial charge is 0.492 e. The molecule has 0 spiro atoms. The lowest BCUT2D eigenvalue weighted by Crippen LogP contribution is -2.42. The van der Waals surface area contributed by atoms with Crippen molar-refractivity contribution in [3.8, 4) is 5.75 Å². The Hall–Kier alpha value is -3.84.